The monoisotopic (exact) mass is 338 g/mol. The molecule has 7 heteroatoms. The quantitative estimate of drug-likeness (QED) is 0.760. The molecule has 0 saturated carbocycles. The van der Waals surface area contributed by atoms with E-state index >= 15 is 0 Å². The maximum Gasteiger partial charge on any atom is 0.223 e. The molecule has 0 fully saturated rings. The van der Waals surface area contributed by atoms with Gasteiger partial charge >= 0.3 is 0 Å². The molecule has 3 heterocycles. The predicted octanol–water partition coefficient (Wildman–Crippen LogP) is 3.59. The van der Waals surface area contributed by atoms with Crippen LogP contribution in [0.3, 0.4) is 0 Å². The summed E-state index contributed by atoms with van der Waals surface area (Å²) in [6.07, 6.45) is 6.02. The van der Waals surface area contributed by atoms with E-state index in [-0.39, 0.29) is 6.04 Å². The maximum absolute atomic E-state index is 5.58. The molecule has 0 radical (unpaired) electrons. The summed E-state index contributed by atoms with van der Waals surface area (Å²) < 4.78 is 5.58. The van der Waals surface area contributed by atoms with Crippen molar-refractivity contribution in [2.75, 3.05) is 5.32 Å². The Morgan fingerprint density at radius 3 is 2.52 bits per heavy atom. The largest absolute Gasteiger partial charge is 0.356 e. The van der Waals surface area contributed by atoms with Gasteiger partial charge in [-0.25, -0.2) is 9.97 Å². The minimum Gasteiger partial charge on any atom is -0.356 e. The van der Waals surface area contributed by atoms with Crippen molar-refractivity contribution in [3.63, 3.8) is 0 Å². The summed E-state index contributed by atoms with van der Waals surface area (Å²) >= 11 is 0. The van der Waals surface area contributed by atoms with Crippen LogP contribution in [-0.4, -0.2) is 31.1 Å². The van der Waals surface area contributed by atoms with Gasteiger partial charge in [0, 0.05) is 24.0 Å². The normalized spacial score (nSPS) is 11.1. The predicted molar refractivity (Wildman–Crippen MR) is 96.2 cm³/mol. The number of nitrogens with zero attached hydrogens (tertiary/aromatic N) is 5. The van der Waals surface area contributed by atoms with Crippen molar-refractivity contribution >= 4 is 5.95 Å². The van der Waals surface area contributed by atoms with Gasteiger partial charge in [-0.15, -0.1) is 0 Å². The molecule has 0 saturated heterocycles. The van der Waals surface area contributed by atoms with Crippen LogP contribution >= 0.6 is 0 Å². The molecule has 0 atom stereocenters. The van der Waals surface area contributed by atoms with Gasteiger partial charge in [-0.3, -0.25) is 9.97 Å². The summed E-state index contributed by atoms with van der Waals surface area (Å²) in [5.41, 5.74) is 4.90. The van der Waals surface area contributed by atoms with Crippen LogP contribution in [0.5, 0.6) is 0 Å². The molecule has 0 spiro atoms. The van der Waals surface area contributed by atoms with Gasteiger partial charge in [-0.1, -0.05) is 12.1 Å². The van der Waals surface area contributed by atoms with Crippen molar-refractivity contribution in [3.8, 4) is 22.7 Å². The molecule has 0 bridgehead atoms. The van der Waals surface area contributed by atoms with E-state index < -0.39 is 0 Å². The van der Waals surface area contributed by atoms with Crippen molar-refractivity contribution in [1.82, 2.24) is 25.1 Å². The number of hydrogen-bond donors (Lipinski definition) is 1. The van der Waals surface area contributed by atoms with Gasteiger partial charge in [0.15, 0.2) is 5.76 Å². The average molecular weight is 338 g/mol. The molecule has 0 aliphatic carbocycles. The Hall–Kier alpha value is -2.83. The van der Waals surface area contributed by atoms with Gasteiger partial charge in [0.25, 0.3) is 0 Å². The second-order valence-electron chi connectivity index (χ2n) is 6.23. The molecule has 3 rings (SSSR count). The van der Waals surface area contributed by atoms with Crippen molar-refractivity contribution in [1.29, 1.82) is 0 Å². The van der Waals surface area contributed by atoms with E-state index in [4.69, 9.17) is 4.52 Å². The van der Waals surface area contributed by atoms with Gasteiger partial charge in [-0.05, 0) is 34.1 Å². The smallest absolute Gasteiger partial charge is 0.223 e. The highest BCUT2D eigenvalue weighted by Crippen LogP contribution is 2.33. The molecule has 3 aromatic rings. The molecule has 0 unspecified atom stereocenters. The molecule has 0 aromatic carbocycles. The SMILES string of the molecule is CCc1c(C)noc1-c1cnc(NC(C)C)nc1-c1cnc(C)cn1. The Bertz CT molecular complexity index is 870. The summed E-state index contributed by atoms with van der Waals surface area (Å²) in [5, 5.41) is 7.32. The lowest BCUT2D eigenvalue weighted by Crippen LogP contribution is -2.13. The molecular weight excluding hydrogens is 316 g/mol. The second kappa shape index (κ2) is 6.96. The van der Waals surface area contributed by atoms with E-state index in [1.165, 1.54) is 0 Å². The van der Waals surface area contributed by atoms with Crippen LogP contribution in [0.2, 0.25) is 0 Å². The Balaban J connectivity index is 2.18. The lowest BCUT2D eigenvalue weighted by atomic mass is 10.0. The van der Waals surface area contributed by atoms with Gasteiger partial charge in [0.1, 0.15) is 11.4 Å². The third-order valence-electron chi connectivity index (χ3n) is 3.81. The number of anilines is 1. The summed E-state index contributed by atoms with van der Waals surface area (Å²) in [7, 11) is 0. The Morgan fingerprint density at radius 2 is 1.88 bits per heavy atom. The highest BCUT2D eigenvalue weighted by molar-refractivity contribution is 5.78. The molecule has 1 N–H and O–H groups in total. The van der Waals surface area contributed by atoms with Crippen molar-refractivity contribution < 1.29 is 4.52 Å². The maximum atomic E-state index is 5.58. The first-order chi connectivity index (χ1) is 12.0. The average Bonchev–Trinajstić information content (AvgIpc) is 2.95. The van der Waals surface area contributed by atoms with Crippen LogP contribution in [0.15, 0.2) is 23.1 Å². The molecule has 0 amide bonds. The minimum absolute atomic E-state index is 0.224. The van der Waals surface area contributed by atoms with E-state index in [1.807, 2.05) is 27.7 Å². The van der Waals surface area contributed by atoms with E-state index in [9.17, 15) is 0 Å². The van der Waals surface area contributed by atoms with Crippen LogP contribution in [0.4, 0.5) is 5.95 Å². The Kier molecular flexibility index (Phi) is 4.74. The van der Waals surface area contributed by atoms with Gasteiger partial charge in [0.05, 0.1) is 23.1 Å². The highest BCUT2D eigenvalue weighted by atomic mass is 16.5. The molecule has 0 aliphatic heterocycles. The van der Waals surface area contributed by atoms with Crippen molar-refractivity contribution in [2.24, 2.45) is 0 Å². The first kappa shape index (κ1) is 17.0. The van der Waals surface area contributed by atoms with E-state index in [1.54, 1.807) is 18.6 Å². The van der Waals surface area contributed by atoms with Gasteiger partial charge in [0.2, 0.25) is 5.95 Å². The number of aromatic nitrogens is 5. The van der Waals surface area contributed by atoms with Crippen LogP contribution < -0.4 is 5.32 Å². The number of rotatable bonds is 5. The topological polar surface area (TPSA) is 89.6 Å². The Morgan fingerprint density at radius 1 is 1.08 bits per heavy atom. The molecule has 0 aliphatic rings. The van der Waals surface area contributed by atoms with Crippen molar-refractivity contribution in [2.45, 2.75) is 47.1 Å². The lowest BCUT2D eigenvalue weighted by Gasteiger charge is -2.12. The fourth-order valence-corrected chi connectivity index (χ4v) is 2.60. The first-order valence-electron chi connectivity index (χ1n) is 8.37. The number of aryl methyl sites for hydroxylation is 2. The molecular formula is C18H22N6O. The lowest BCUT2D eigenvalue weighted by molar-refractivity contribution is 0.426. The fourth-order valence-electron chi connectivity index (χ4n) is 2.60. The number of nitrogens with one attached hydrogen (secondary N) is 1. The zero-order chi connectivity index (χ0) is 18.0. The second-order valence-corrected chi connectivity index (χ2v) is 6.23. The first-order valence-corrected chi connectivity index (χ1v) is 8.37. The minimum atomic E-state index is 0.224. The molecule has 7 nitrogen and oxygen atoms in total. The molecule has 3 aromatic heterocycles. The summed E-state index contributed by atoms with van der Waals surface area (Å²) in [5.74, 6) is 1.24. The van der Waals surface area contributed by atoms with E-state index in [2.05, 4.69) is 37.3 Å². The van der Waals surface area contributed by atoms with Gasteiger partial charge in [-0.2, -0.15) is 0 Å². The van der Waals surface area contributed by atoms with E-state index in [0.29, 0.717) is 23.1 Å². The van der Waals surface area contributed by atoms with Crippen LogP contribution in [-0.2, 0) is 6.42 Å². The highest BCUT2D eigenvalue weighted by Gasteiger charge is 2.21. The zero-order valence-corrected chi connectivity index (χ0v) is 15.2. The standard InChI is InChI=1S/C18H22N6O/c1-6-13-12(5)24-25-17(13)14-8-21-18(22-10(2)3)23-16(14)15-9-19-11(4)7-20-15/h7-10H,6H2,1-5H3,(H,21,22,23). The van der Waals surface area contributed by atoms with Crippen LogP contribution in [0.1, 0.15) is 37.7 Å². The Labute approximate surface area is 146 Å². The fraction of sp³-hybridized carbons (Fsp3) is 0.389. The third kappa shape index (κ3) is 3.50. The van der Waals surface area contributed by atoms with Crippen molar-refractivity contribution in [3.05, 3.63) is 35.5 Å². The van der Waals surface area contributed by atoms with Gasteiger partial charge < -0.3 is 9.84 Å². The molecule has 130 valence electrons. The summed E-state index contributed by atoms with van der Waals surface area (Å²) in [6, 6.07) is 0.224. The van der Waals surface area contributed by atoms with Crippen LogP contribution in [0.25, 0.3) is 22.7 Å². The third-order valence-corrected chi connectivity index (χ3v) is 3.81. The zero-order valence-electron chi connectivity index (χ0n) is 15.2. The molecule has 25 heavy (non-hydrogen) atoms. The summed E-state index contributed by atoms with van der Waals surface area (Å²) in [6.45, 7) is 9.99. The summed E-state index contributed by atoms with van der Waals surface area (Å²) in [4.78, 5) is 17.9. The van der Waals surface area contributed by atoms with Crippen LogP contribution in [0, 0.1) is 13.8 Å². The number of hydrogen-bond acceptors (Lipinski definition) is 7. The van der Waals surface area contributed by atoms with E-state index in [0.717, 1.165) is 28.9 Å².